The molecule has 1 aliphatic rings. The van der Waals surface area contributed by atoms with Gasteiger partial charge in [0, 0.05) is 30.1 Å². The first-order valence-electron chi connectivity index (χ1n) is 7.32. The Bertz CT molecular complexity index is 476. The quantitative estimate of drug-likeness (QED) is 0.693. The molecule has 1 aromatic rings. The molecule has 1 aliphatic heterocycles. The van der Waals surface area contributed by atoms with Crippen LogP contribution in [0.5, 0.6) is 0 Å². The Hall–Kier alpha value is 0.0900. The Labute approximate surface area is 147 Å². The summed E-state index contributed by atoms with van der Waals surface area (Å²) in [6.45, 7) is 7.34. The summed E-state index contributed by atoms with van der Waals surface area (Å²) in [5.74, 6) is 0.880. The van der Waals surface area contributed by atoms with Crippen LogP contribution in [-0.2, 0) is 0 Å². The van der Waals surface area contributed by atoms with Crippen molar-refractivity contribution in [3.05, 3.63) is 19.2 Å². The molecule has 0 bridgehead atoms. The average molecular weight is 438 g/mol. The van der Waals surface area contributed by atoms with Crippen LogP contribution in [0.4, 0.5) is 0 Å². The molecule has 0 N–H and O–H groups in total. The normalized spacial score (nSPS) is 17.0. The molecule has 1 aromatic heterocycles. The average Bonchev–Trinajstić information content (AvgIpc) is 2.78. The lowest BCUT2D eigenvalue weighted by molar-refractivity contribution is 0.0671. The Kier molecular flexibility index (Phi) is 6.29. The largest absolute Gasteiger partial charge is 0.338 e. The number of rotatable bonds is 4. The summed E-state index contributed by atoms with van der Waals surface area (Å²) in [7, 11) is 2.18. The fourth-order valence-electron chi connectivity index (χ4n) is 2.54. The molecule has 0 aliphatic carbocycles. The summed E-state index contributed by atoms with van der Waals surface area (Å²) in [6.07, 6.45) is 2.22. The van der Waals surface area contributed by atoms with Gasteiger partial charge in [-0.2, -0.15) is 0 Å². The molecule has 0 aromatic carbocycles. The van der Waals surface area contributed by atoms with E-state index in [-0.39, 0.29) is 5.91 Å². The number of hydrogen-bond acceptors (Lipinski definition) is 3. The van der Waals surface area contributed by atoms with E-state index in [4.69, 9.17) is 0 Å². The van der Waals surface area contributed by atoms with E-state index in [0.717, 1.165) is 45.6 Å². The minimum atomic E-state index is 0.169. The first-order valence-corrected chi connectivity index (χ1v) is 9.73. The minimum Gasteiger partial charge on any atom is -0.338 e. The van der Waals surface area contributed by atoms with E-state index in [1.54, 1.807) is 0 Å². The minimum absolute atomic E-state index is 0.169. The zero-order chi connectivity index (χ0) is 15.6. The van der Waals surface area contributed by atoms with Gasteiger partial charge in [0.05, 0.1) is 8.66 Å². The van der Waals surface area contributed by atoms with Crippen LogP contribution in [0.1, 0.15) is 36.4 Å². The fourth-order valence-corrected chi connectivity index (χ4v) is 4.55. The van der Waals surface area contributed by atoms with Gasteiger partial charge in [-0.15, -0.1) is 11.3 Å². The van der Waals surface area contributed by atoms with E-state index in [9.17, 15) is 4.79 Å². The van der Waals surface area contributed by atoms with Crippen LogP contribution < -0.4 is 0 Å². The summed E-state index contributed by atoms with van der Waals surface area (Å²) >= 11 is 8.40. The molecule has 6 heteroatoms. The van der Waals surface area contributed by atoms with Gasteiger partial charge in [0.2, 0.25) is 0 Å². The molecule has 3 nitrogen and oxygen atoms in total. The highest BCUT2D eigenvalue weighted by atomic mass is 79.9. The molecule has 2 rings (SSSR count). The Morgan fingerprint density at radius 1 is 1.43 bits per heavy atom. The number of halogens is 2. The molecular weight excluding hydrogens is 416 g/mol. The van der Waals surface area contributed by atoms with Crippen LogP contribution in [-0.4, -0.2) is 48.4 Å². The van der Waals surface area contributed by atoms with E-state index in [1.165, 1.54) is 11.3 Å². The first kappa shape index (κ1) is 17.4. The van der Waals surface area contributed by atoms with Gasteiger partial charge in [0.1, 0.15) is 0 Å². The molecule has 0 unspecified atom stereocenters. The van der Waals surface area contributed by atoms with Gasteiger partial charge in [-0.05, 0) is 77.6 Å². The molecule has 0 atom stereocenters. The van der Waals surface area contributed by atoms with Crippen LogP contribution in [0, 0.1) is 5.92 Å². The highest BCUT2D eigenvalue weighted by Gasteiger charge is 2.26. The number of carbonyl (C=O) groups excluding carboxylic acids is 1. The molecule has 1 saturated heterocycles. The lowest BCUT2D eigenvalue weighted by Gasteiger charge is -2.34. The molecular formula is C15H22Br2N2OS. The smallest absolute Gasteiger partial charge is 0.264 e. The van der Waals surface area contributed by atoms with Crippen molar-refractivity contribution in [1.29, 1.82) is 0 Å². The first-order chi connectivity index (χ1) is 9.88. The maximum atomic E-state index is 12.5. The van der Waals surface area contributed by atoms with Crippen molar-refractivity contribution in [3.63, 3.8) is 0 Å². The molecule has 0 spiro atoms. The van der Waals surface area contributed by atoms with Crippen molar-refractivity contribution >= 4 is 49.1 Å². The summed E-state index contributed by atoms with van der Waals surface area (Å²) < 4.78 is 1.95. The van der Waals surface area contributed by atoms with Crippen LogP contribution in [0.3, 0.4) is 0 Å². The van der Waals surface area contributed by atoms with Gasteiger partial charge in [-0.1, -0.05) is 0 Å². The van der Waals surface area contributed by atoms with Crippen LogP contribution in [0.15, 0.2) is 14.3 Å². The zero-order valence-corrected chi connectivity index (χ0v) is 16.7. The second-order valence-electron chi connectivity index (χ2n) is 6.00. The lowest BCUT2D eigenvalue weighted by atomic mass is 9.96. The number of carbonyl (C=O) groups is 1. The van der Waals surface area contributed by atoms with E-state index in [2.05, 4.69) is 57.7 Å². The van der Waals surface area contributed by atoms with Crippen LogP contribution in [0.25, 0.3) is 0 Å². The number of hydrogen-bond donors (Lipinski definition) is 0. The fraction of sp³-hybridized carbons (Fsp3) is 0.667. The number of piperidine rings is 1. The monoisotopic (exact) mass is 436 g/mol. The van der Waals surface area contributed by atoms with Gasteiger partial charge >= 0.3 is 0 Å². The molecule has 118 valence electrons. The summed E-state index contributed by atoms with van der Waals surface area (Å²) in [4.78, 5) is 17.7. The van der Waals surface area contributed by atoms with Gasteiger partial charge in [0.25, 0.3) is 5.91 Å². The lowest BCUT2D eigenvalue weighted by Crippen LogP contribution is -2.41. The van der Waals surface area contributed by atoms with E-state index in [0.29, 0.717) is 12.0 Å². The van der Waals surface area contributed by atoms with Gasteiger partial charge < -0.3 is 9.80 Å². The number of thiophene rings is 1. The van der Waals surface area contributed by atoms with Crippen molar-refractivity contribution in [2.24, 2.45) is 5.92 Å². The predicted octanol–water partition coefficient (Wildman–Crippen LogP) is 4.47. The maximum absolute atomic E-state index is 12.5. The van der Waals surface area contributed by atoms with Crippen molar-refractivity contribution in [3.8, 4) is 0 Å². The molecule has 1 fully saturated rings. The molecule has 21 heavy (non-hydrogen) atoms. The third-order valence-corrected chi connectivity index (χ3v) is 7.43. The second kappa shape index (κ2) is 7.57. The third kappa shape index (κ3) is 4.53. The predicted molar refractivity (Wildman–Crippen MR) is 96.1 cm³/mol. The van der Waals surface area contributed by atoms with E-state index < -0.39 is 0 Å². The number of amides is 1. The molecule has 0 radical (unpaired) electrons. The Morgan fingerprint density at radius 2 is 2.05 bits per heavy atom. The Balaban J connectivity index is 1.87. The van der Waals surface area contributed by atoms with Crippen molar-refractivity contribution < 1.29 is 4.79 Å². The highest BCUT2D eigenvalue weighted by Crippen LogP contribution is 2.33. The summed E-state index contributed by atoms with van der Waals surface area (Å²) in [5.41, 5.74) is 0. The maximum Gasteiger partial charge on any atom is 0.264 e. The molecule has 1 amide bonds. The summed E-state index contributed by atoms with van der Waals surface area (Å²) in [6, 6.07) is 2.50. The number of nitrogens with zero attached hydrogens (tertiary/aromatic N) is 2. The highest BCUT2D eigenvalue weighted by molar-refractivity contribution is 9.13. The zero-order valence-electron chi connectivity index (χ0n) is 12.7. The topological polar surface area (TPSA) is 23.6 Å². The Morgan fingerprint density at radius 3 is 2.52 bits per heavy atom. The van der Waals surface area contributed by atoms with Crippen LogP contribution >= 0.6 is 43.2 Å². The van der Waals surface area contributed by atoms with Crippen molar-refractivity contribution in [2.75, 3.05) is 26.7 Å². The van der Waals surface area contributed by atoms with E-state index in [1.807, 2.05) is 11.0 Å². The van der Waals surface area contributed by atoms with Crippen molar-refractivity contribution in [2.45, 2.75) is 32.7 Å². The van der Waals surface area contributed by atoms with E-state index >= 15 is 0 Å². The standard InChI is InChI=1S/C15H22Br2N2OS/c1-10(2)18(3)9-11-4-6-19(7-5-11)15(20)13-8-12(16)14(17)21-13/h8,10-11H,4-7,9H2,1-3H3. The number of likely N-dealkylation sites (tertiary alicyclic amines) is 1. The summed E-state index contributed by atoms with van der Waals surface area (Å²) in [5, 5.41) is 0. The third-order valence-electron chi connectivity index (χ3n) is 4.19. The SMILES string of the molecule is CC(C)N(C)CC1CCN(C(=O)c2cc(Br)c(Br)s2)CC1. The molecule has 0 saturated carbocycles. The molecule has 2 heterocycles. The van der Waals surface area contributed by atoms with Gasteiger partial charge in [0.15, 0.2) is 0 Å². The van der Waals surface area contributed by atoms with Gasteiger partial charge in [-0.3, -0.25) is 4.79 Å². The second-order valence-corrected chi connectivity index (χ2v) is 9.23. The van der Waals surface area contributed by atoms with Crippen LogP contribution in [0.2, 0.25) is 0 Å². The van der Waals surface area contributed by atoms with Crippen molar-refractivity contribution in [1.82, 2.24) is 9.80 Å². The van der Waals surface area contributed by atoms with Gasteiger partial charge in [-0.25, -0.2) is 0 Å².